The Balaban J connectivity index is 2.39. The number of hydrogen-bond donors (Lipinski definition) is 0. The predicted octanol–water partition coefficient (Wildman–Crippen LogP) is 1.75. The lowest BCUT2D eigenvalue weighted by molar-refractivity contribution is 0.111. The first-order valence-corrected chi connectivity index (χ1v) is 4.89. The van der Waals surface area contributed by atoms with Crippen molar-refractivity contribution in [3.63, 3.8) is 0 Å². The Morgan fingerprint density at radius 3 is 3.06 bits per heavy atom. The van der Waals surface area contributed by atoms with Gasteiger partial charge < -0.3 is 4.57 Å². The summed E-state index contributed by atoms with van der Waals surface area (Å²) in [5.41, 5.74) is 0.908. The minimum absolute atomic E-state index is 0.245. The highest BCUT2D eigenvalue weighted by Crippen LogP contribution is 2.12. The van der Waals surface area contributed by atoms with Gasteiger partial charge in [0.25, 0.3) is 0 Å². The zero-order valence-corrected chi connectivity index (χ0v) is 8.80. The molecule has 0 amide bonds. The summed E-state index contributed by atoms with van der Waals surface area (Å²) in [7, 11) is 0. The van der Waals surface area contributed by atoms with Crippen molar-refractivity contribution in [1.82, 2.24) is 9.55 Å². The maximum atomic E-state index is 13.1. The third-order valence-corrected chi connectivity index (χ3v) is 2.38. The number of carbonyl (C=O) groups excluding carboxylic acids is 1. The number of imidazole rings is 1. The van der Waals surface area contributed by atoms with E-state index in [1.807, 2.05) is 6.07 Å². The van der Waals surface area contributed by atoms with Gasteiger partial charge in [0.15, 0.2) is 12.1 Å². The highest BCUT2D eigenvalue weighted by Gasteiger charge is 2.07. The zero-order valence-electron chi connectivity index (χ0n) is 8.80. The second-order valence-electron chi connectivity index (χ2n) is 3.44. The van der Waals surface area contributed by atoms with E-state index in [-0.39, 0.29) is 12.4 Å². The highest BCUT2D eigenvalue weighted by atomic mass is 19.1. The standard InChI is InChI=1S/C12H8FN3O/c13-11-2-1-9(6-14)10(5-11)7-16-4-3-15-12(16)8-17/h1-5,8H,7H2. The molecule has 0 unspecified atom stereocenters. The molecule has 5 heteroatoms. The normalized spacial score (nSPS) is 9.88. The Morgan fingerprint density at radius 1 is 1.53 bits per heavy atom. The van der Waals surface area contributed by atoms with Gasteiger partial charge in [0, 0.05) is 12.4 Å². The van der Waals surface area contributed by atoms with Gasteiger partial charge in [-0.1, -0.05) is 0 Å². The molecule has 0 bridgehead atoms. The molecule has 1 aromatic heterocycles. The van der Waals surface area contributed by atoms with Crippen LogP contribution in [0.5, 0.6) is 0 Å². The Kier molecular flexibility index (Phi) is 2.97. The Morgan fingerprint density at radius 2 is 2.35 bits per heavy atom. The number of carbonyl (C=O) groups is 1. The monoisotopic (exact) mass is 229 g/mol. The van der Waals surface area contributed by atoms with Gasteiger partial charge in [0.05, 0.1) is 18.2 Å². The fourth-order valence-electron chi connectivity index (χ4n) is 1.56. The number of halogens is 1. The van der Waals surface area contributed by atoms with Crippen molar-refractivity contribution >= 4 is 6.29 Å². The van der Waals surface area contributed by atoms with Crippen LogP contribution < -0.4 is 0 Å². The molecule has 2 rings (SSSR count). The van der Waals surface area contributed by atoms with Crippen molar-refractivity contribution in [2.45, 2.75) is 6.54 Å². The number of hydrogen-bond acceptors (Lipinski definition) is 3. The third-order valence-electron chi connectivity index (χ3n) is 2.38. The van der Waals surface area contributed by atoms with Gasteiger partial charge in [-0.25, -0.2) is 9.37 Å². The number of nitriles is 1. The molecule has 0 aliphatic carbocycles. The summed E-state index contributed by atoms with van der Waals surface area (Å²) in [5, 5.41) is 8.90. The molecule has 1 aromatic carbocycles. The summed E-state index contributed by atoms with van der Waals surface area (Å²) < 4.78 is 14.6. The molecular weight excluding hydrogens is 221 g/mol. The number of nitrogens with zero attached hydrogens (tertiary/aromatic N) is 3. The van der Waals surface area contributed by atoms with Crippen LogP contribution in [0.4, 0.5) is 4.39 Å². The van der Waals surface area contributed by atoms with E-state index in [1.165, 1.54) is 24.4 Å². The summed E-state index contributed by atoms with van der Waals surface area (Å²) >= 11 is 0. The average molecular weight is 229 g/mol. The van der Waals surface area contributed by atoms with Crippen LogP contribution in [0.2, 0.25) is 0 Å². The van der Waals surface area contributed by atoms with Crippen LogP contribution in [0.15, 0.2) is 30.6 Å². The molecule has 17 heavy (non-hydrogen) atoms. The van der Waals surface area contributed by atoms with Crippen LogP contribution in [-0.4, -0.2) is 15.8 Å². The largest absolute Gasteiger partial charge is 0.324 e. The van der Waals surface area contributed by atoms with E-state index >= 15 is 0 Å². The van der Waals surface area contributed by atoms with E-state index in [2.05, 4.69) is 4.98 Å². The Hall–Kier alpha value is -2.48. The fraction of sp³-hybridized carbons (Fsp3) is 0.0833. The number of aldehydes is 1. The first-order valence-electron chi connectivity index (χ1n) is 4.89. The van der Waals surface area contributed by atoms with E-state index in [9.17, 15) is 9.18 Å². The first-order chi connectivity index (χ1) is 8.24. The molecule has 0 aliphatic rings. The first kappa shape index (κ1) is 11.0. The lowest BCUT2D eigenvalue weighted by Crippen LogP contribution is -2.05. The second-order valence-corrected chi connectivity index (χ2v) is 3.44. The van der Waals surface area contributed by atoms with Crippen LogP contribution in [-0.2, 0) is 6.54 Å². The Bertz CT molecular complexity index is 598. The van der Waals surface area contributed by atoms with Crippen LogP contribution in [0.3, 0.4) is 0 Å². The van der Waals surface area contributed by atoms with E-state index < -0.39 is 5.82 Å². The van der Waals surface area contributed by atoms with Crippen molar-refractivity contribution < 1.29 is 9.18 Å². The van der Waals surface area contributed by atoms with Gasteiger partial charge in [-0.15, -0.1) is 0 Å². The van der Waals surface area contributed by atoms with Crippen molar-refractivity contribution in [3.05, 3.63) is 53.4 Å². The van der Waals surface area contributed by atoms with Gasteiger partial charge in [0.2, 0.25) is 0 Å². The minimum atomic E-state index is -0.410. The maximum Gasteiger partial charge on any atom is 0.185 e. The summed E-state index contributed by atoms with van der Waals surface area (Å²) in [6.07, 6.45) is 3.70. The van der Waals surface area contributed by atoms with E-state index in [0.29, 0.717) is 17.4 Å². The molecular formula is C12H8FN3O. The third kappa shape index (κ3) is 2.21. The maximum absolute atomic E-state index is 13.1. The molecule has 0 aliphatic heterocycles. The molecule has 0 N–H and O–H groups in total. The second kappa shape index (κ2) is 4.58. The van der Waals surface area contributed by atoms with Crippen LogP contribution in [0, 0.1) is 17.1 Å². The SMILES string of the molecule is N#Cc1ccc(F)cc1Cn1ccnc1C=O. The molecule has 0 atom stereocenters. The van der Waals surface area contributed by atoms with Gasteiger partial charge in [-0.05, 0) is 23.8 Å². The number of aromatic nitrogens is 2. The average Bonchev–Trinajstić information content (AvgIpc) is 2.77. The predicted molar refractivity (Wildman–Crippen MR) is 57.8 cm³/mol. The van der Waals surface area contributed by atoms with Gasteiger partial charge in [-0.3, -0.25) is 4.79 Å². The molecule has 0 spiro atoms. The molecule has 0 saturated heterocycles. The topological polar surface area (TPSA) is 58.7 Å². The van der Waals surface area contributed by atoms with Crippen molar-refractivity contribution in [1.29, 1.82) is 5.26 Å². The van der Waals surface area contributed by atoms with Crippen LogP contribution in [0.25, 0.3) is 0 Å². The molecule has 0 saturated carbocycles. The molecule has 4 nitrogen and oxygen atoms in total. The number of benzene rings is 1. The van der Waals surface area contributed by atoms with Gasteiger partial charge >= 0.3 is 0 Å². The Labute approximate surface area is 96.9 Å². The summed E-state index contributed by atoms with van der Waals surface area (Å²) in [5.74, 6) is -0.162. The van der Waals surface area contributed by atoms with Crippen molar-refractivity contribution in [2.75, 3.05) is 0 Å². The molecule has 0 fully saturated rings. The zero-order chi connectivity index (χ0) is 12.3. The minimum Gasteiger partial charge on any atom is -0.324 e. The molecule has 0 radical (unpaired) electrons. The molecule has 2 aromatic rings. The van der Waals surface area contributed by atoms with E-state index in [1.54, 1.807) is 10.8 Å². The van der Waals surface area contributed by atoms with E-state index in [0.717, 1.165) is 0 Å². The van der Waals surface area contributed by atoms with Crippen LogP contribution >= 0.6 is 0 Å². The van der Waals surface area contributed by atoms with E-state index in [4.69, 9.17) is 5.26 Å². The molecule has 1 heterocycles. The van der Waals surface area contributed by atoms with Gasteiger partial charge in [-0.2, -0.15) is 5.26 Å². The van der Waals surface area contributed by atoms with Gasteiger partial charge in [0.1, 0.15) is 5.82 Å². The van der Waals surface area contributed by atoms with Crippen molar-refractivity contribution in [2.24, 2.45) is 0 Å². The summed E-state index contributed by atoms with van der Waals surface area (Å²) in [6, 6.07) is 5.92. The summed E-state index contributed by atoms with van der Waals surface area (Å²) in [4.78, 5) is 14.5. The quantitative estimate of drug-likeness (QED) is 0.753. The summed E-state index contributed by atoms with van der Waals surface area (Å²) in [6.45, 7) is 0.245. The van der Waals surface area contributed by atoms with Crippen molar-refractivity contribution in [3.8, 4) is 6.07 Å². The highest BCUT2D eigenvalue weighted by molar-refractivity contribution is 5.69. The fourth-order valence-corrected chi connectivity index (χ4v) is 1.56. The lowest BCUT2D eigenvalue weighted by atomic mass is 10.1. The van der Waals surface area contributed by atoms with Crippen LogP contribution in [0.1, 0.15) is 21.7 Å². The number of rotatable bonds is 3. The molecule has 84 valence electrons. The smallest absolute Gasteiger partial charge is 0.185 e. The lowest BCUT2D eigenvalue weighted by Gasteiger charge is -2.06.